The summed E-state index contributed by atoms with van der Waals surface area (Å²) in [4.78, 5) is 14.4. The molecule has 4 rings (SSSR count). The summed E-state index contributed by atoms with van der Waals surface area (Å²) < 4.78 is 24.8. The molecule has 0 bridgehead atoms. The van der Waals surface area contributed by atoms with Crippen molar-refractivity contribution in [3.8, 4) is 11.5 Å². The Morgan fingerprint density at radius 2 is 1.82 bits per heavy atom. The normalized spacial score (nSPS) is 20.0. The molecule has 1 amide bonds. The second-order valence-electron chi connectivity index (χ2n) is 7.74. The maximum atomic E-state index is 13.1. The smallest absolute Gasteiger partial charge is 0.223 e. The Labute approximate surface area is 165 Å². The minimum absolute atomic E-state index is 0.128. The van der Waals surface area contributed by atoms with Crippen molar-refractivity contribution in [1.29, 1.82) is 0 Å². The number of amides is 1. The van der Waals surface area contributed by atoms with Crippen molar-refractivity contribution in [3.05, 3.63) is 59.4 Å². The van der Waals surface area contributed by atoms with E-state index in [1.807, 2.05) is 23.1 Å². The molecular weight excluding hydrogens is 357 g/mol. The van der Waals surface area contributed by atoms with Crippen LogP contribution in [0.5, 0.6) is 11.5 Å². The third-order valence-electron chi connectivity index (χ3n) is 5.76. The van der Waals surface area contributed by atoms with E-state index in [4.69, 9.17) is 9.47 Å². The van der Waals surface area contributed by atoms with Crippen LogP contribution in [-0.2, 0) is 11.3 Å². The molecule has 0 radical (unpaired) electrons. The molecule has 0 N–H and O–H groups in total. The van der Waals surface area contributed by atoms with E-state index >= 15 is 0 Å². The molecule has 0 unspecified atom stereocenters. The lowest BCUT2D eigenvalue weighted by Gasteiger charge is -2.19. The first-order valence-electron chi connectivity index (χ1n) is 9.99. The zero-order valence-corrected chi connectivity index (χ0v) is 16.2. The molecule has 1 aliphatic carbocycles. The highest BCUT2D eigenvalue weighted by Gasteiger charge is 2.31. The second kappa shape index (κ2) is 8.21. The fourth-order valence-electron chi connectivity index (χ4n) is 4.18. The van der Waals surface area contributed by atoms with Gasteiger partial charge >= 0.3 is 0 Å². The standard InChI is InChI=1S/C23H26FNO3/c1-27-21-11-8-17(12-22(21)28-20-4-2-3-5-20)18-13-23(26)25(15-18)14-16-6-9-19(24)10-7-16/h6-12,18,20H,2-5,13-15H2,1H3/t18-/m1/s1. The first-order valence-corrected chi connectivity index (χ1v) is 9.99. The fourth-order valence-corrected chi connectivity index (χ4v) is 4.18. The van der Waals surface area contributed by atoms with Crippen molar-refractivity contribution < 1.29 is 18.7 Å². The highest BCUT2D eigenvalue weighted by molar-refractivity contribution is 5.79. The summed E-state index contributed by atoms with van der Waals surface area (Å²) in [5.41, 5.74) is 2.04. The van der Waals surface area contributed by atoms with Crippen molar-refractivity contribution in [1.82, 2.24) is 4.90 Å². The summed E-state index contributed by atoms with van der Waals surface area (Å²) in [6, 6.07) is 12.3. The zero-order chi connectivity index (χ0) is 19.5. The summed E-state index contributed by atoms with van der Waals surface area (Å²) in [6.45, 7) is 1.17. The first-order chi connectivity index (χ1) is 13.6. The molecule has 1 heterocycles. The third-order valence-corrected chi connectivity index (χ3v) is 5.76. The van der Waals surface area contributed by atoms with Crippen LogP contribution in [0.3, 0.4) is 0 Å². The van der Waals surface area contributed by atoms with Gasteiger partial charge in [0.05, 0.1) is 13.2 Å². The van der Waals surface area contributed by atoms with Crippen LogP contribution in [0.1, 0.15) is 49.1 Å². The zero-order valence-electron chi connectivity index (χ0n) is 16.2. The van der Waals surface area contributed by atoms with Crippen molar-refractivity contribution in [2.24, 2.45) is 0 Å². The fraction of sp³-hybridized carbons (Fsp3) is 0.435. The van der Waals surface area contributed by atoms with Crippen LogP contribution < -0.4 is 9.47 Å². The number of nitrogens with zero attached hydrogens (tertiary/aromatic N) is 1. The Morgan fingerprint density at radius 1 is 1.07 bits per heavy atom. The van der Waals surface area contributed by atoms with Gasteiger partial charge in [-0.25, -0.2) is 4.39 Å². The van der Waals surface area contributed by atoms with Crippen molar-refractivity contribution in [2.75, 3.05) is 13.7 Å². The molecule has 5 heteroatoms. The number of hydrogen-bond acceptors (Lipinski definition) is 3. The van der Waals surface area contributed by atoms with Crippen molar-refractivity contribution >= 4 is 5.91 Å². The van der Waals surface area contributed by atoms with E-state index in [2.05, 4.69) is 0 Å². The molecule has 28 heavy (non-hydrogen) atoms. The third kappa shape index (κ3) is 4.13. The summed E-state index contributed by atoms with van der Waals surface area (Å²) in [5, 5.41) is 0. The lowest BCUT2D eigenvalue weighted by Crippen LogP contribution is -2.24. The highest BCUT2D eigenvalue weighted by atomic mass is 19.1. The molecule has 1 aliphatic heterocycles. The number of halogens is 1. The number of likely N-dealkylation sites (tertiary alicyclic amines) is 1. The van der Waals surface area contributed by atoms with Gasteiger partial charge in [-0.3, -0.25) is 4.79 Å². The number of benzene rings is 2. The molecule has 0 spiro atoms. The minimum atomic E-state index is -0.262. The molecule has 1 saturated carbocycles. The average Bonchev–Trinajstić information content (AvgIpc) is 3.34. The molecule has 2 aromatic carbocycles. The van der Waals surface area contributed by atoms with Gasteiger partial charge in [-0.15, -0.1) is 0 Å². The number of ether oxygens (including phenoxy) is 2. The molecule has 2 aromatic rings. The van der Waals surface area contributed by atoms with Gasteiger partial charge in [0.1, 0.15) is 5.82 Å². The van der Waals surface area contributed by atoms with E-state index in [0.717, 1.165) is 35.5 Å². The van der Waals surface area contributed by atoms with Crippen molar-refractivity contribution in [2.45, 2.75) is 50.7 Å². The van der Waals surface area contributed by atoms with E-state index in [9.17, 15) is 9.18 Å². The second-order valence-corrected chi connectivity index (χ2v) is 7.74. The number of methoxy groups -OCH3 is 1. The van der Waals surface area contributed by atoms with Crippen LogP contribution >= 0.6 is 0 Å². The molecule has 2 fully saturated rings. The number of carbonyl (C=O) groups is 1. The largest absolute Gasteiger partial charge is 0.493 e. The summed E-state index contributed by atoms with van der Waals surface area (Å²) in [6.07, 6.45) is 5.33. The van der Waals surface area contributed by atoms with Crippen molar-refractivity contribution in [3.63, 3.8) is 0 Å². The van der Waals surface area contributed by atoms with Crippen LogP contribution in [0, 0.1) is 5.82 Å². The Bertz CT molecular complexity index is 830. The Hall–Kier alpha value is -2.56. The molecule has 4 nitrogen and oxygen atoms in total. The van der Waals surface area contributed by atoms with Gasteiger partial charge in [-0.05, 0) is 61.1 Å². The molecule has 2 aliphatic rings. The summed E-state index contributed by atoms with van der Waals surface area (Å²) in [7, 11) is 1.65. The van der Waals surface area contributed by atoms with Gasteiger partial charge in [-0.2, -0.15) is 0 Å². The lowest BCUT2D eigenvalue weighted by molar-refractivity contribution is -0.128. The van der Waals surface area contributed by atoms with Crippen LogP contribution in [0.2, 0.25) is 0 Å². The monoisotopic (exact) mass is 383 g/mol. The number of carbonyl (C=O) groups excluding carboxylic acids is 1. The lowest BCUT2D eigenvalue weighted by atomic mass is 9.98. The molecule has 148 valence electrons. The minimum Gasteiger partial charge on any atom is -0.493 e. The topological polar surface area (TPSA) is 38.8 Å². The van der Waals surface area contributed by atoms with Crippen LogP contribution in [0.25, 0.3) is 0 Å². The Kier molecular flexibility index (Phi) is 5.51. The van der Waals surface area contributed by atoms with E-state index in [1.54, 1.807) is 19.2 Å². The number of hydrogen-bond donors (Lipinski definition) is 0. The predicted octanol–water partition coefficient (Wildman–Crippen LogP) is 4.67. The Balaban J connectivity index is 1.47. The molecular formula is C23H26FNO3. The van der Waals surface area contributed by atoms with E-state index in [0.29, 0.717) is 19.5 Å². The van der Waals surface area contributed by atoms with Gasteiger partial charge in [-0.1, -0.05) is 18.2 Å². The molecule has 1 saturated heterocycles. The summed E-state index contributed by atoms with van der Waals surface area (Å²) in [5.74, 6) is 1.51. The van der Waals surface area contributed by atoms with E-state index in [-0.39, 0.29) is 23.7 Å². The number of rotatable bonds is 6. The van der Waals surface area contributed by atoms with E-state index in [1.165, 1.54) is 25.0 Å². The Morgan fingerprint density at radius 3 is 2.54 bits per heavy atom. The first kappa shape index (κ1) is 18.8. The van der Waals surface area contributed by atoms with Gasteiger partial charge in [0.15, 0.2) is 11.5 Å². The summed E-state index contributed by atoms with van der Waals surface area (Å²) >= 11 is 0. The maximum Gasteiger partial charge on any atom is 0.223 e. The van der Waals surface area contributed by atoms with Crippen LogP contribution in [-0.4, -0.2) is 30.6 Å². The van der Waals surface area contributed by atoms with Gasteiger partial charge in [0.2, 0.25) is 5.91 Å². The van der Waals surface area contributed by atoms with E-state index < -0.39 is 0 Å². The SMILES string of the molecule is COc1ccc([C@@H]2CC(=O)N(Cc3ccc(F)cc3)C2)cc1OC1CCCC1. The quantitative estimate of drug-likeness (QED) is 0.728. The molecule has 1 atom stereocenters. The van der Waals surface area contributed by atoms with Gasteiger partial charge in [0, 0.05) is 25.4 Å². The van der Waals surface area contributed by atoms with Gasteiger partial charge < -0.3 is 14.4 Å². The highest BCUT2D eigenvalue weighted by Crippen LogP contribution is 2.37. The molecule has 0 aromatic heterocycles. The average molecular weight is 383 g/mol. The van der Waals surface area contributed by atoms with Crippen LogP contribution in [0.15, 0.2) is 42.5 Å². The predicted molar refractivity (Wildman–Crippen MR) is 105 cm³/mol. The maximum absolute atomic E-state index is 13.1. The van der Waals surface area contributed by atoms with Crippen LogP contribution in [0.4, 0.5) is 4.39 Å². The van der Waals surface area contributed by atoms with Gasteiger partial charge in [0.25, 0.3) is 0 Å².